The minimum atomic E-state index is 0.739. The number of rotatable bonds is 5. The molecule has 0 saturated heterocycles. The highest BCUT2D eigenvalue weighted by atomic mass is 16.5. The van der Waals surface area contributed by atoms with Gasteiger partial charge in [-0.25, -0.2) is 0 Å². The quantitative estimate of drug-likeness (QED) is 0.442. The van der Waals surface area contributed by atoms with Crippen LogP contribution in [0.3, 0.4) is 0 Å². The molecule has 0 aliphatic rings. The summed E-state index contributed by atoms with van der Waals surface area (Å²) in [6.45, 7) is 7.19. The van der Waals surface area contributed by atoms with Crippen LogP contribution in [0, 0.1) is 0 Å². The van der Waals surface area contributed by atoms with Gasteiger partial charge in [0.15, 0.2) is 0 Å². The topological polar surface area (TPSA) is 12.5 Å². The predicted octanol–water partition coefficient (Wildman–Crippen LogP) is 1.65. The maximum absolute atomic E-state index is 5.34. The van der Waals surface area contributed by atoms with Gasteiger partial charge >= 0.3 is 0 Å². The van der Waals surface area contributed by atoms with Crippen LogP contribution in [0.2, 0.25) is 0 Å². The Morgan fingerprint density at radius 1 is 1.55 bits per heavy atom. The molecule has 11 heavy (non-hydrogen) atoms. The van der Waals surface area contributed by atoms with Crippen molar-refractivity contribution < 1.29 is 4.74 Å². The highest BCUT2D eigenvalue weighted by Gasteiger charge is 1.90. The number of ether oxygens (including phenoxy) is 1. The lowest BCUT2D eigenvalue weighted by molar-refractivity contribution is 0.185. The van der Waals surface area contributed by atoms with Crippen LogP contribution in [0.4, 0.5) is 0 Å². The molecule has 0 aromatic carbocycles. The second-order valence-corrected chi connectivity index (χ2v) is 2.66. The van der Waals surface area contributed by atoms with Crippen molar-refractivity contribution in [2.45, 2.75) is 6.92 Å². The summed E-state index contributed by atoms with van der Waals surface area (Å²) in [6.07, 6.45) is 3.58. The summed E-state index contributed by atoms with van der Waals surface area (Å²) < 4.78 is 5.34. The molecule has 0 radical (unpaired) electrons. The van der Waals surface area contributed by atoms with Crippen molar-refractivity contribution in [1.82, 2.24) is 4.90 Å². The number of allylic oxidation sites excluding steroid dienone is 3. The van der Waals surface area contributed by atoms with Crippen molar-refractivity contribution >= 4 is 0 Å². The zero-order valence-electron chi connectivity index (χ0n) is 7.63. The van der Waals surface area contributed by atoms with Gasteiger partial charge in [0.2, 0.25) is 0 Å². The summed E-state index contributed by atoms with van der Waals surface area (Å²) in [6, 6.07) is 0. The molecular formula is C9H17NO. The second-order valence-electron chi connectivity index (χ2n) is 2.66. The first-order valence-corrected chi connectivity index (χ1v) is 3.73. The summed E-state index contributed by atoms with van der Waals surface area (Å²) in [5, 5.41) is 0. The predicted molar refractivity (Wildman–Crippen MR) is 48.5 cm³/mol. The second kappa shape index (κ2) is 5.98. The molecule has 2 nitrogen and oxygen atoms in total. The van der Waals surface area contributed by atoms with Crippen LogP contribution in [0.15, 0.2) is 24.5 Å². The fraction of sp³-hybridized carbons (Fsp3) is 0.556. The van der Waals surface area contributed by atoms with Gasteiger partial charge in [-0.1, -0.05) is 12.7 Å². The normalized spacial score (nSPS) is 11.8. The van der Waals surface area contributed by atoms with Crippen LogP contribution in [0.5, 0.6) is 0 Å². The Labute approximate surface area is 69.2 Å². The van der Waals surface area contributed by atoms with Gasteiger partial charge in [-0.15, -0.1) is 0 Å². The van der Waals surface area contributed by atoms with E-state index < -0.39 is 0 Å². The Hall–Kier alpha value is -0.760. The molecular weight excluding hydrogens is 138 g/mol. The molecule has 0 aromatic rings. The van der Waals surface area contributed by atoms with E-state index in [4.69, 9.17) is 4.74 Å². The summed E-state index contributed by atoms with van der Waals surface area (Å²) >= 11 is 0. The monoisotopic (exact) mass is 155 g/mol. The van der Waals surface area contributed by atoms with Crippen molar-refractivity contribution in [1.29, 1.82) is 0 Å². The molecule has 0 heterocycles. The minimum absolute atomic E-state index is 0.739. The molecule has 0 rings (SSSR count). The standard InChI is InChI=1S/C9H17NO/c1-5-6-9(2)11-8-7-10(3)4/h5-6H,1,7-8H2,2-4H3/b9-6+. The Bertz CT molecular complexity index is 138. The summed E-state index contributed by atoms with van der Waals surface area (Å²) in [4.78, 5) is 2.08. The van der Waals surface area contributed by atoms with Gasteiger partial charge in [0, 0.05) is 6.54 Å². The smallest absolute Gasteiger partial charge is 0.100 e. The van der Waals surface area contributed by atoms with Crippen molar-refractivity contribution in [2.24, 2.45) is 0 Å². The Kier molecular flexibility index (Phi) is 5.57. The lowest BCUT2D eigenvalue weighted by atomic mass is 10.5. The van der Waals surface area contributed by atoms with Crippen molar-refractivity contribution in [2.75, 3.05) is 27.2 Å². The summed E-state index contributed by atoms with van der Waals surface area (Å²) in [7, 11) is 4.05. The fourth-order valence-corrected chi connectivity index (χ4v) is 0.603. The molecule has 64 valence electrons. The molecule has 0 fully saturated rings. The van der Waals surface area contributed by atoms with E-state index >= 15 is 0 Å². The molecule has 0 aromatic heterocycles. The number of nitrogens with zero attached hydrogens (tertiary/aromatic N) is 1. The highest BCUT2D eigenvalue weighted by molar-refractivity contribution is 5.01. The molecule has 2 heteroatoms. The van der Waals surface area contributed by atoms with E-state index in [1.807, 2.05) is 27.1 Å². The first kappa shape index (κ1) is 10.2. The molecule has 0 bridgehead atoms. The first-order chi connectivity index (χ1) is 5.16. The Morgan fingerprint density at radius 2 is 2.18 bits per heavy atom. The maximum atomic E-state index is 5.34. The van der Waals surface area contributed by atoms with Crippen LogP contribution < -0.4 is 0 Å². The van der Waals surface area contributed by atoms with Crippen molar-refractivity contribution in [3.05, 3.63) is 24.5 Å². The SMILES string of the molecule is C=C/C=C(\C)OCCN(C)C. The Morgan fingerprint density at radius 3 is 2.64 bits per heavy atom. The molecule has 0 amide bonds. The average Bonchev–Trinajstić information content (AvgIpc) is 1.87. The maximum Gasteiger partial charge on any atom is 0.100 e. The zero-order chi connectivity index (χ0) is 8.69. The fourth-order valence-electron chi connectivity index (χ4n) is 0.603. The van der Waals surface area contributed by atoms with E-state index in [1.165, 1.54) is 0 Å². The van der Waals surface area contributed by atoms with Gasteiger partial charge < -0.3 is 9.64 Å². The molecule has 0 N–H and O–H groups in total. The van der Waals surface area contributed by atoms with E-state index in [0.29, 0.717) is 0 Å². The summed E-state index contributed by atoms with van der Waals surface area (Å²) in [5.41, 5.74) is 0. The molecule has 0 saturated carbocycles. The number of likely N-dealkylation sites (N-methyl/N-ethyl adjacent to an activating group) is 1. The van der Waals surface area contributed by atoms with Crippen LogP contribution in [-0.2, 0) is 4.74 Å². The van der Waals surface area contributed by atoms with Crippen LogP contribution in [-0.4, -0.2) is 32.1 Å². The molecule has 0 aliphatic carbocycles. The van der Waals surface area contributed by atoms with Gasteiger partial charge in [0.25, 0.3) is 0 Å². The highest BCUT2D eigenvalue weighted by Crippen LogP contribution is 1.94. The van der Waals surface area contributed by atoms with Gasteiger partial charge in [-0.3, -0.25) is 0 Å². The number of hydrogen-bond donors (Lipinski definition) is 0. The van der Waals surface area contributed by atoms with Crippen LogP contribution >= 0.6 is 0 Å². The van der Waals surface area contributed by atoms with Gasteiger partial charge in [-0.2, -0.15) is 0 Å². The van der Waals surface area contributed by atoms with E-state index in [0.717, 1.165) is 18.9 Å². The lowest BCUT2D eigenvalue weighted by Gasteiger charge is -2.10. The van der Waals surface area contributed by atoms with Crippen LogP contribution in [0.1, 0.15) is 6.92 Å². The first-order valence-electron chi connectivity index (χ1n) is 3.73. The van der Waals surface area contributed by atoms with E-state index in [1.54, 1.807) is 6.08 Å². The summed E-state index contributed by atoms with van der Waals surface area (Å²) in [5.74, 6) is 0.918. The van der Waals surface area contributed by atoms with Gasteiger partial charge in [0.05, 0.1) is 5.76 Å². The number of hydrogen-bond acceptors (Lipinski definition) is 2. The molecule has 0 spiro atoms. The third-order valence-electron chi connectivity index (χ3n) is 1.22. The third kappa shape index (κ3) is 7.13. The van der Waals surface area contributed by atoms with E-state index in [2.05, 4.69) is 11.5 Å². The third-order valence-corrected chi connectivity index (χ3v) is 1.22. The minimum Gasteiger partial charge on any atom is -0.497 e. The van der Waals surface area contributed by atoms with E-state index in [-0.39, 0.29) is 0 Å². The van der Waals surface area contributed by atoms with Gasteiger partial charge in [0.1, 0.15) is 6.61 Å². The van der Waals surface area contributed by atoms with E-state index in [9.17, 15) is 0 Å². The molecule has 0 aliphatic heterocycles. The molecule has 0 unspecified atom stereocenters. The zero-order valence-corrected chi connectivity index (χ0v) is 7.63. The molecule has 0 atom stereocenters. The largest absolute Gasteiger partial charge is 0.497 e. The van der Waals surface area contributed by atoms with Gasteiger partial charge in [-0.05, 0) is 27.1 Å². The lowest BCUT2D eigenvalue weighted by Crippen LogP contribution is -2.17. The van der Waals surface area contributed by atoms with Crippen molar-refractivity contribution in [3.63, 3.8) is 0 Å². The average molecular weight is 155 g/mol. The van der Waals surface area contributed by atoms with Crippen LogP contribution in [0.25, 0.3) is 0 Å². The van der Waals surface area contributed by atoms with Crippen molar-refractivity contribution in [3.8, 4) is 0 Å². The Balaban J connectivity index is 3.38.